The average molecular weight is 251 g/mol. The number of hydrogen-bond acceptors (Lipinski definition) is 3. The van der Waals surface area contributed by atoms with E-state index in [4.69, 9.17) is 4.74 Å². The lowest BCUT2D eigenvalue weighted by Crippen LogP contribution is -2.45. The van der Waals surface area contributed by atoms with Crippen molar-refractivity contribution in [1.82, 2.24) is 0 Å². The van der Waals surface area contributed by atoms with Gasteiger partial charge in [-0.25, -0.2) is 4.39 Å². The number of nitrogens with zero attached hydrogens (tertiary/aromatic N) is 1. The lowest BCUT2D eigenvalue weighted by atomic mass is 10.1. The maximum absolute atomic E-state index is 14.0. The van der Waals surface area contributed by atoms with Gasteiger partial charge in [0, 0.05) is 18.7 Å². The minimum Gasteiger partial charge on any atom is -0.372 e. The summed E-state index contributed by atoms with van der Waals surface area (Å²) in [5.74, 6) is -0.465. The number of rotatable bonds is 2. The monoisotopic (exact) mass is 251 g/mol. The molecule has 98 valence electrons. The molecule has 0 bridgehead atoms. The number of morpholine rings is 1. The minimum atomic E-state index is -0.344. The highest BCUT2D eigenvalue weighted by Crippen LogP contribution is 2.24. The Kier molecular flexibility index (Phi) is 3.66. The lowest BCUT2D eigenvalue weighted by Gasteiger charge is -2.37. The second kappa shape index (κ2) is 5.06. The molecule has 3 nitrogen and oxygen atoms in total. The molecule has 0 aliphatic carbocycles. The molecule has 0 aromatic heterocycles. The molecule has 1 aliphatic rings. The minimum absolute atomic E-state index is 0.0839. The van der Waals surface area contributed by atoms with Gasteiger partial charge in [0.25, 0.3) is 0 Å². The van der Waals surface area contributed by atoms with Gasteiger partial charge >= 0.3 is 0 Å². The van der Waals surface area contributed by atoms with Gasteiger partial charge in [0.2, 0.25) is 0 Å². The molecule has 1 saturated heterocycles. The maximum Gasteiger partial charge on any atom is 0.159 e. The highest BCUT2D eigenvalue weighted by molar-refractivity contribution is 5.94. The van der Waals surface area contributed by atoms with Crippen molar-refractivity contribution in [3.8, 4) is 0 Å². The van der Waals surface area contributed by atoms with Crippen LogP contribution in [0.25, 0.3) is 0 Å². The fourth-order valence-corrected chi connectivity index (χ4v) is 2.36. The van der Waals surface area contributed by atoms with Crippen LogP contribution in [0.15, 0.2) is 18.2 Å². The Hall–Kier alpha value is -1.42. The summed E-state index contributed by atoms with van der Waals surface area (Å²) in [6, 6.07) is 4.66. The van der Waals surface area contributed by atoms with Gasteiger partial charge in [-0.15, -0.1) is 0 Å². The molecule has 0 saturated carbocycles. The largest absolute Gasteiger partial charge is 0.372 e. The molecule has 0 unspecified atom stereocenters. The second-order valence-electron chi connectivity index (χ2n) is 4.88. The van der Waals surface area contributed by atoms with Crippen LogP contribution in [-0.2, 0) is 4.74 Å². The topological polar surface area (TPSA) is 29.5 Å². The molecule has 0 N–H and O–H groups in total. The van der Waals surface area contributed by atoms with E-state index in [-0.39, 0.29) is 23.8 Å². The highest BCUT2D eigenvalue weighted by atomic mass is 19.1. The normalized spacial score (nSPS) is 24.1. The van der Waals surface area contributed by atoms with Crippen molar-refractivity contribution < 1.29 is 13.9 Å². The number of Topliss-reactive ketones (excluding diaryl/α,β-unsaturated/α-hetero) is 1. The number of ketones is 1. The van der Waals surface area contributed by atoms with E-state index >= 15 is 0 Å². The van der Waals surface area contributed by atoms with Crippen LogP contribution in [0.3, 0.4) is 0 Å². The molecule has 0 radical (unpaired) electrons. The smallest absolute Gasteiger partial charge is 0.159 e. The zero-order valence-electron chi connectivity index (χ0n) is 10.9. The molecule has 2 atom stereocenters. The number of hydrogen-bond donors (Lipinski definition) is 0. The SMILES string of the molecule is CC(=O)c1ccc(N2C[C@H](C)O[C@@H](C)C2)c(F)c1. The summed E-state index contributed by atoms with van der Waals surface area (Å²) in [5.41, 5.74) is 0.951. The molecular formula is C14H18FNO2. The summed E-state index contributed by atoms with van der Waals surface area (Å²) < 4.78 is 19.6. The molecule has 1 aromatic carbocycles. The van der Waals surface area contributed by atoms with Crippen LogP contribution in [-0.4, -0.2) is 31.1 Å². The van der Waals surface area contributed by atoms with Gasteiger partial charge in [-0.3, -0.25) is 4.79 Å². The van der Waals surface area contributed by atoms with Gasteiger partial charge in [0.1, 0.15) is 5.82 Å². The fourth-order valence-electron chi connectivity index (χ4n) is 2.36. The van der Waals surface area contributed by atoms with Crippen LogP contribution < -0.4 is 4.90 Å². The molecule has 1 heterocycles. The van der Waals surface area contributed by atoms with Crippen LogP contribution in [0.4, 0.5) is 10.1 Å². The summed E-state index contributed by atoms with van der Waals surface area (Å²) in [4.78, 5) is 13.2. The molecule has 18 heavy (non-hydrogen) atoms. The first-order valence-electron chi connectivity index (χ1n) is 6.18. The van der Waals surface area contributed by atoms with Crippen molar-refractivity contribution in [2.45, 2.75) is 33.0 Å². The first-order chi connectivity index (χ1) is 8.47. The van der Waals surface area contributed by atoms with Gasteiger partial charge in [-0.05, 0) is 39.0 Å². The number of carbonyl (C=O) groups is 1. The van der Waals surface area contributed by atoms with Crippen molar-refractivity contribution in [1.29, 1.82) is 0 Å². The van der Waals surface area contributed by atoms with Crippen LogP contribution in [0.1, 0.15) is 31.1 Å². The zero-order chi connectivity index (χ0) is 13.3. The van der Waals surface area contributed by atoms with E-state index in [0.717, 1.165) is 0 Å². The number of carbonyl (C=O) groups excluding carboxylic acids is 1. The van der Waals surface area contributed by atoms with E-state index in [0.29, 0.717) is 24.3 Å². The Morgan fingerprint density at radius 3 is 2.44 bits per heavy atom. The number of halogens is 1. The Labute approximate surface area is 107 Å². The van der Waals surface area contributed by atoms with Gasteiger partial charge in [-0.2, -0.15) is 0 Å². The summed E-state index contributed by atoms with van der Waals surface area (Å²) in [6.07, 6.45) is 0.168. The molecular weight excluding hydrogens is 233 g/mol. The third-order valence-corrected chi connectivity index (χ3v) is 3.11. The Morgan fingerprint density at radius 1 is 1.33 bits per heavy atom. The summed E-state index contributed by atoms with van der Waals surface area (Å²) in [7, 11) is 0. The highest BCUT2D eigenvalue weighted by Gasteiger charge is 2.24. The quantitative estimate of drug-likeness (QED) is 0.757. The number of ether oxygens (including phenoxy) is 1. The van der Waals surface area contributed by atoms with E-state index in [1.54, 1.807) is 12.1 Å². The standard InChI is InChI=1S/C14H18FNO2/c1-9-7-16(8-10(2)18-9)14-5-4-12(11(3)17)6-13(14)15/h4-6,9-10H,7-8H2,1-3H3/t9-,10-/m0/s1. The molecule has 2 rings (SSSR count). The van der Waals surface area contributed by atoms with Crippen LogP contribution in [0.5, 0.6) is 0 Å². The molecule has 1 fully saturated rings. The summed E-state index contributed by atoms with van der Waals surface area (Å²) in [5, 5.41) is 0. The number of benzene rings is 1. The van der Waals surface area contributed by atoms with Gasteiger partial charge < -0.3 is 9.64 Å². The van der Waals surface area contributed by atoms with Gasteiger partial charge in [0.05, 0.1) is 17.9 Å². The van der Waals surface area contributed by atoms with Crippen molar-refractivity contribution in [2.75, 3.05) is 18.0 Å². The van der Waals surface area contributed by atoms with E-state index in [1.807, 2.05) is 18.7 Å². The predicted molar refractivity (Wildman–Crippen MR) is 68.6 cm³/mol. The van der Waals surface area contributed by atoms with Crippen LogP contribution in [0.2, 0.25) is 0 Å². The molecule has 4 heteroatoms. The maximum atomic E-state index is 14.0. The fraction of sp³-hybridized carbons (Fsp3) is 0.500. The molecule has 1 aliphatic heterocycles. The Morgan fingerprint density at radius 2 is 1.94 bits per heavy atom. The van der Waals surface area contributed by atoms with Crippen LogP contribution >= 0.6 is 0 Å². The van der Waals surface area contributed by atoms with Crippen molar-refractivity contribution >= 4 is 11.5 Å². The summed E-state index contributed by atoms with van der Waals surface area (Å²) in [6.45, 7) is 6.73. The van der Waals surface area contributed by atoms with E-state index in [1.165, 1.54) is 13.0 Å². The van der Waals surface area contributed by atoms with Crippen LogP contribution in [0, 0.1) is 5.82 Å². The van der Waals surface area contributed by atoms with E-state index in [2.05, 4.69) is 0 Å². The third kappa shape index (κ3) is 2.70. The van der Waals surface area contributed by atoms with E-state index in [9.17, 15) is 9.18 Å². The summed E-state index contributed by atoms with van der Waals surface area (Å²) >= 11 is 0. The predicted octanol–water partition coefficient (Wildman–Crippen LogP) is 2.64. The Balaban J connectivity index is 2.25. The zero-order valence-corrected chi connectivity index (χ0v) is 10.9. The average Bonchev–Trinajstić information content (AvgIpc) is 2.27. The third-order valence-electron chi connectivity index (χ3n) is 3.11. The molecule has 0 amide bonds. The van der Waals surface area contributed by atoms with Gasteiger partial charge in [0.15, 0.2) is 5.78 Å². The molecule has 1 aromatic rings. The second-order valence-corrected chi connectivity index (χ2v) is 4.88. The van der Waals surface area contributed by atoms with Crippen molar-refractivity contribution in [3.05, 3.63) is 29.6 Å². The van der Waals surface area contributed by atoms with E-state index < -0.39 is 0 Å². The molecule has 0 spiro atoms. The Bertz CT molecular complexity index is 451. The van der Waals surface area contributed by atoms with Crippen molar-refractivity contribution in [2.24, 2.45) is 0 Å². The van der Waals surface area contributed by atoms with Crippen molar-refractivity contribution in [3.63, 3.8) is 0 Å². The first-order valence-corrected chi connectivity index (χ1v) is 6.18. The first kappa shape index (κ1) is 13.0. The lowest BCUT2D eigenvalue weighted by molar-refractivity contribution is -0.00539. The number of anilines is 1. The van der Waals surface area contributed by atoms with Gasteiger partial charge in [-0.1, -0.05) is 0 Å².